The van der Waals surface area contributed by atoms with E-state index < -0.39 is 0 Å². The molecule has 2 aromatic heterocycles. The summed E-state index contributed by atoms with van der Waals surface area (Å²) in [6.07, 6.45) is 0. The Morgan fingerprint density at radius 1 is 0.583 bits per heavy atom. The summed E-state index contributed by atoms with van der Waals surface area (Å²) in [6.45, 7) is 0. The minimum Gasteiger partial charge on any atom is -0.507 e. The van der Waals surface area contributed by atoms with Crippen molar-refractivity contribution in [3.63, 3.8) is 0 Å². The molecule has 180 valence electrons. The van der Waals surface area contributed by atoms with Crippen LogP contribution in [0.25, 0.3) is 41.6 Å². The summed E-state index contributed by atoms with van der Waals surface area (Å²) in [5.41, 5.74) is 5.32. The van der Waals surface area contributed by atoms with Gasteiger partial charge in [-0.15, -0.1) is 22.7 Å². The van der Waals surface area contributed by atoms with Gasteiger partial charge >= 0.3 is 0 Å². The Morgan fingerprint density at radius 2 is 1.11 bits per heavy atom. The Kier molecular flexibility index (Phi) is 6.71. The molecule has 4 N–H and O–H groups in total. The smallest absolute Gasteiger partial charge is 0.128 e. The Labute approximate surface area is 216 Å². The zero-order valence-corrected chi connectivity index (χ0v) is 21.3. The Balaban J connectivity index is 0.000000148. The molecule has 0 bridgehead atoms. The van der Waals surface area contributed by atoms with Gasteiger partial charge in [0.05, 0.1) is 31.6 Å². The summed E-state index contributed by atoms with van der Waals surface area (Å²) in [6, 6.07) is 26.9. The molecule has 0 amide bonds. The van der Waals surface area contributed by atoms with Crippen LogP contribution in [0.2, 0.25) is 0 Å². The number of nitrogens with zero attached hydrogens (tertiary/aromatic N) is 2. The zero-order chi connectivity index (χ0) is 25.1. The van der Waals surface area contributed by atoms with Crippen LogP contribution in [0.5, 0.6) is 11.5 Å². The highest BCUT2D eigenvalue weighted by Gasteiger charge is 2.11. The third-order valence-corrected chi connectivity index (χ3v) is 7.76. The third-order valence-electron chi connectivity index (χ3n) is 5.62. The van der Waals surface area contributed by atoms with Gasteiger partial charge in [0.15, 0.2) is 0 Å². The van der Waals surface area contributed by atoms with Gasteiger partial charge in [-0.05, 0) is 54.6 Å². The maximum atomic E-state index is 10.0. The van der Waals surface area contributed by atoms with Crippen molar-refractivity contribution in [3.8, 4) is 32.6 Å². The van der Waals surface area contributed by atoms with E-state index in [0.29, 0.717) is 0 Å². The summed E-state index contributed by atoms with van der Waals surface area (Å²) in [7, 11) is 3.68. The summed E-state index contributed by atoms with van der Waals surface area (Å²) in [5, 5.41) is 27.7. The van der Waals surface area contributed by atoms with Gasteiger partial charge in [-0.1, -0.05) is 24.3 Å². The van der Waals surface area contributed by atoms with E-state index in [1.54, 1.807) is 34.8 Å². The molecule has 6 aromatic rings. The van der Waals surface area contributed by atoms with E-state index in [4.69, 9.17) is 0 Å². The maximum absolute atomic E-state index is 10.0. The van der Waals surface area contributed by atoms with Crippen LogP contribution >= 0.6 is 22.7 Å². The summed E-state index contributed by atoms with van der Waals surface area (Å²) in [5.74, 6) is 0.508. The SMILES string of the molecule is CNc1ccc(-c2nc3ccccc3s2)c(O)c1.CNc1ccc(O)c(-c2nc3ccccc3s2)c1. The monoisotopic (exact) mass is 512 g/mol. The van der Waals surface area contributed by atoms with Crippen LogP contribution in [-0.2, 0) is 0 Å². The molecule has 0 spiro atoms. The van der Waals surface area contributed by atoms with Crippen LogP contribution in [0.4, 0.5) is 11.4 Å². The van der Waals surface area contributed by atoms with Crippen molar-refractivity contribution in [3.05, 3.63) is 84.9 Å². The van der Waals surface area contributed by atoms with Gasteiger partial charge in [-0.3, -0.25) is 0 Å². The molecule has 0 fully saturated rings. The van der Waals surface area contributed by atoms with E-state index in [0.717, 1.165) is 53.0 Å². The minimum atomic E-state index is 0.251. The zero-order valence-electron chi connectivity index (χ0n) is 19.7. The fraction of sp³-hybridized carbons (Fsp3) is 0.0714. The number of phenols is 2. The van der Waals surface area contributed by atoms with Gasteiger partial charge in [-0.2, -0.15) is 0 Å². The molecular weight excluding hydrogens is 488 g/mol. The Morgan fingerprint density at radius 3 is 1.67 bits per heavy atom. The number of hydrogen-bond donors (Lipinski definition) is 4. The lowest BCUT2D eigenvalue weighted by atomic mass is 10.2. The van der Waals surface area contributed by atoms with Gasteiger partial charge in [-0.25, -0.2) is 9.97 Å². The van der Waals surface area contributed by atoms with Crippen LogP contribution in [0.15, 0.2) is 84.9 Å². The Bertz CT molecular complexity index is 1590. The number of anilines is 2. The first-order valence-electron chi connectivity index (χ1n) is 11.3. The normalized spacial score (nSPS) is 10.7. The molecule has 4 aromatic carbocycles. The number of rotatable bonds is 4. The van der Waals surface area contributed by atoms with E-state index in [9.17, 15) is 10.2 Å². The van der Waals surface area contributed by atoms with E-state index in [-0.39, 0.29) is 11.5 Å². The molecule has 6 rings (SSSR count). The molecule has 2 heterocycles. The largest absolute Gasteiger partial charge is 0.507 e. The van der Waals surface area contributed by atoms with Gasteiger partial charge < -0.3 is 20.8 Å². The topological polar surface area (TPSA) is 90.3 Å². The van der Waals surface area contributed by atoms with Gasteiger partial charge in [0, 0.05) is 31.5 Å². The van der Waals surface area contributed by atoms with Crippen molar-refractivity contribution < 1.29 is 10.2 Å². The van der Waals surface area contributed by atoms with Crippen molar-refractivity contribution in [1.29, 1.82) is 0 Å². The first-order chi connectivity index (χ1) is 17.6. The van der Waals surface area contributed by atoms with Gasteiger partial charge in [0.2, 0.25) is 0 Å². The van der Waals surface area contributed by atoms with Gasteiger partial charge in [0.1, 0.15) is 21.5 Å². The molecular formula is C28H24N4O2S2. The standard InChI is InChI=1S/2C14H12N2OS/c1-15-9-6-7-12(17)10(8-9)14-16-11-4-2-3-5-13(11)18-14;1-15-9-6-7-10(12(17)8-9)14-16-11-4-2-3-5-13(11)18-14/h2*2-8,15,17H,1H3. The van der Waals surface area contributed by atoms with Crippen molar-refractivity contribution in [2.24, 2.45) is 0 Å². The number of phenolic OH excluding ortho intramolecular Hbond substituents is 2. The van der Waals surface area contributed by atoms with Crippen molar-refractivity contribution >= 4 is 54.5 Å². The van der Waals surface area contributed by atoms with Crippen molar-refractivity contribution in [2.75, 3.05) is 24.7 Å². The lowest BCUT2D eigenvalue weighted by Crippen LogP contribution is -1.88. The average Bonchev–Trinajstić information content (AvgIpc) is 3.53. The van der Waals surface area contributed by atoms with Crippen molar-refractivity contribution in [1.82, 2.24) is 9.97 Å². The second-order valence-corrected chi connectivity index (χ2v) is 10.00. The average molecular weight is 513 g/mol. The fourth-order valence-electron chi connectivity index (χ4n) is 3.71. The van der Waals surface area contributed by atoms with Crippen molar-refractivity contribution in [2.45, 2.75) is 0 Å². The molecule has 0 radical (unpaired) electrons. The number of hydrogen-bond acceptors (Lipinski definition) is 8. The third kappa shape index (κ3) is 4.82. The number of benzene rings is 4. The minimum absolute atomic E-state index is 0.251. The number of aromatic nitrogens is 2. The molecule has 0 unspecified atom stereocenters. The second-order valence-electron chi connectivity index (χ2n) is 7.94. The van der Waals surface area contributed by atoms with E-state index in [1.807, 2.05) is 86.9 Å². The summed E-state index contributed by atoms with van der Waals surface area (Å²) < 4.78 is 2.26. The lowest BCUT2D eigenvalue weighted by Gasteiger charge is -2.04. The molecule has 0 aliphatic carbocycles. The first kappa shape index (κ1) is 23.6. The molecule has 0 aliphatic heterocycles. The predicted octanol–water partition coefficient (Wildman–Crippen LogP) is 7.42. The second kappa shape index (κ2) is 10.2. The molecule has 0 saturated heterocycles. The molecule has 8 heteroatoms. The quantitative estimate of drug-likeness (QED) is 0.184. The number of aromatic hydroxyl groups is 2. The number of thiazole rings is 2. The van der Waals surface area contributed by atoms with Crippen LogP contribution in [0, 0.1) is 0 Å². The molecule has 0 aliphatic rings. The highest BCUT2D eigenvalue weighted by Crippen LogP contribution is 2.37. The summed E-state index contributed by atoms with van der Waals surface area (Å²) in [4.78, 5) is 9.09. The first-order valence-corrected chi connectivity index (χ1v) is 12.9. The van der Waals surface area contributed by atoms with Crippen LogP contribution in [0.3, 0.4) is 0 Å². The Hall–Kier alpha value is -4.14. The lowest BCUT2D eigenvalue weighted by molar-refractivity contribution is 0.477. The predicted molar refractivity (Wildman–Crippen MR) is 153 cm³/mol. The van der Waals surface area contributed by atoms with Gasteiger partial charge in [0.25, 0.3) is 0 Å². The molecule has 36 heavy (non-hydrogen) atoms. The number of fused-ring (bicyclic) bond motifs is 2. The fourth-order valence-corrected chi connectivity index (χ4v) is 5.70. The van der Waals surface area contributed by atoms with Crippen LogP contribution in [-0.4, -0.2) is 34.3 Å². The van der Waals surface area contributed by atoms with E-state index in [1.165, 1.54) is 0 Å². The maximum Gasteiger partial charge on any atom is 0.128 e. The number of nitrogens with one attached hydrogen (secondary N) is 2. The van der Waals surface area contributed by atoms with Crippen LogP contribution < -0.4 is 10.6 Å². The molecule has 0 saturated carbocycles. The van der Waals surface area contributed by atoms with Crippen LogP contribution in [0.1, 0.15) is 0 Å². The molecule has 0 atom stereocenters. The summed E-state index contributed by atoms with van der Waals surface area (Å²) >= 11 is 3.17. The van der Waals surface area contributed by atoms with E-state index >= 15 is 0 Å². The molecule has 6 nitrogen and oxygen atoms in total. The van der Waals surface area contributed by atoms with E-state index in [2.05, 4.69) is 20.6 Å². The highest BCUT2D eigenvalue weighted by molar-refractivity contribution is 7.22. The number of para-hydroxylation sites is 2. The highest BCUT2D eigenvalue weighted by atomic mass is 32.1.